The lowest BCUT2D eigenvalue weighted by Gasteiger charge is -2.18. The van der Waals surface area contributed by atoms with Crippen LogP contribution in [-0.4, -0.2) is 40.5 Å². The van der Waals surface area contributed by atoms with Crippen LogP contribution in [0.3, 0.4) is 0 Å². The van der Waals surface area contributed by atoms with Crippen LogP contribution in [0.15, 0.2) is 6.08 Å². The van der Waals surface area contributed by atoms with Crippen molar-refractivity contribution in [3.8, 4) is 0 Å². The maximum absolute atomic E-state index is 12.4. The fourth-order valence-electron chi connectivity index (χ4n) is 3.78. The van der Waals surface area contributed by atoms with E-state index in [0.717, 1.165) is 36.9 Å². The van der Waals surface area contributed by atoms with E-state index >= 15 is 0 Å². The molecule has 1 fully saturated rings. The number of alkyl halides is 3. The van der Waals surface area contributed by atoms with Crippen LogP contribution in [0, 0.1) is 0 Å². The van der Waals surface area contributed by atoms with Gasteiger partial charge in [0.05, 0.1) is 12.1 Å². The summed E-state index contributed by atoms with van der Waals surface area (Å²) in [4.78, 5) is 1.89. The highest BCUT2D eigenvalue weighted by molar-refractivity contribution is 5.76. The zero-order valence-electron chi connectivity index (χ0n) is 14.1. The van der Waals surface area contributed by atoms with E-state index in [-0.39, 0.29) is 12.5 Å². The molecule has 24 heavy (non-hydrogen) atoms. The maximum Gasteiger partial charge on any atom is 0.390 e. The molecule has 0 radical (unpaired) electrons. The number of halogens is 3. The quantitative estimate of drug-likeness (QED) is 0.907. The minimum absolute atomic E-state index is 0.0698. The first-order valence-corrected chi connectivity index (χ1v) is 8.66. The summed E-state index contributed by atoms with van der Waals surface area (Å²) in [5, 5.41) is 4.61. The monoisotopic (exact) mass is 342 g/mol. The third-order valence-corrected chi connectivity index (χ3v) is 5.10. The number of allylic oxidation sites excluding steroid dienone is 2. The molecule has 134 valence electrons. The number of aromatic nitrogens is 2. The Morgan fingerprint density at radius 1 is 1.33 bits per heavy atom. The zero-order valence-corrected chi connectivity index (χ0v) is 14.1. The van der Waals surface area contributed by atoms with E-state index in [2.05, 4.69) is 11.2 Å². The summed E-state index contributed by atoms with van der Waals surface area (Å²) in [6.45, 7) is 1.39. The van der Waals surface area contributed by atoms with E-state index < -0.39 is 12.6 Å². The standard InChI is InChI=1S/C17H25F3N4/c1-23-16(21)14(12-5-3-2-4-6-12)15(22-23)13-7-9-24(11-13)10-8-17(18,19)20/h5,13H,2-4,6-11,21H2,1H3. The van der Waals surface area contributed by atoms with Gasteiger partial charge in [-0.25, -0.2) is 0 Å². The Hall–Kier alpha value is -1.50. The molecule has 1 unspecified atom stereocenters. The van der Waals surface area contributed by atoms with Crippen molar-refractivity contribution in [3.63, 3.8) is 0 Å². The third kappa shape index (κ3) is 3.77. The van der Waals surface area contributed by atoms with Gasteiger partial charge < -0.3 is 10.6 Å². The summed E-state index contributed by atoms with van der Waals surface area (Å²) < 4.78 is 39.0. The third-order valence-electron chi connectivity index (χ3n) is 5.10. The van der Waals surface area contributed by atoms with Crippen molar-refractivity contribution in [1.82, 2.24) is 14.7 Å². The number of nitrogens with two attached hydrogens (primary N) is 1. The van der Waals surface area contributed by atoms with E-state index in [9.17, 15) is 13.2 Å². The largest absolute Gasteiger partial charge is 0.390 e. The molecule has 4 nitrogen and oxygen atoms in total. The molecule has 2 aliphatic rings. The minimum Gasteiger partial charge on any atom is -0.383 e. The SMILES string of the molecule is Cn1nc(C2CCN(CCC(F)(F)F)C2)c(C2=CCCCC2)c1N. The highest BCUT2D eigenvalue weighted by Gasteiger charge is 2.33. The van der Waals surface area contributed by atoms with Gasteiger partial charge in [0.1, 0.15) is 5.82 Å². The molecule has 0 spiro atoms. The second kappa shape index (κ2) is 6.78. The van der Waals surface area contributed by atoms with Crippen LogP contribution in [0.25, 0.3) is 5.57 Å². The molecule has 3 rings (SSSR count). The van der Waals surface area contributed by atoms with Gasteiger partial charge in [-0.05, 0) is 44.2 Å². The van der Waals surface area contributed by atoms with E-state index in [1.165, 1.54) is 12.0 Å². The highest BCUT2D eigenvalue weighted by atomic mass is 19.4. The van der Waals surface area contributed by atoms with Crippen molar-refractivity contribution in [2.24, 2.45) is 7.05 Å². The zero-order chi connectivity index (χ0) is 17.3. The van der Waals surface area contributed by atoms with Crippen molar-refractivity contribution in [2.75, 3.05) is 25.4 Å². The van der Waals surface area contributed by atoms with Crippen molar-refractivity contribution in [3.05, 3.63) is 17.3 Å². The Morgan fingerprint density at radius 3 is 2.79 bits per heavy atom. The Labute approximate surface area is 140 Å². The molecule has 7 heteroatoms. The molecule has 2 N–H and O–H groups in total. The number of likely N-dealkylation sites (tertiary alicyclic amines) is 1. The Balaban J connectivity index is 1.76. The topological polar surface area (TPSA) is 47.1 Å². The molecular formula is C17H25F3N4. The van der Waals surface area contributed by atoms with Crippen LogP contribution in [0.5, 0.6) is 0 Å². The predicted octanol–water partition coefficient (Wildman–Crippen LogP) is 3.70. The fourth-order valence-corrected chi connectivity index (χ4v) is 3.78. The van der Waals surface area contributed by atoms with Crippen LogP contribution in [0.2, 0.25) is 0 Å². The second-order valence-corrected chi connectivity index (χ2v) is 6.90. The number of hydrogen-bond acceptors (Lipinski definition) is 3. The summed E-state index contributed by atoms with van der Waals surface area (Å²) in [5.41, 5.74) is 9.52. The van der Waals surface area contributed by atoms with Gasteiger partial charge in [-0.15, -0.1) is 0 Å². The molecule has 2 heterocycles. The van der Waals surface area contributed by atoms with Gasteiger partial charge in [0.15, 0.2) is 0 Å². The lowest BCUT2D eigenvalue weighted by molar-refractivity contribution is -0.137. The van der Waals surface area contributed by atoms with Gasteiger partial charge >= 0.3 is 6.18 Å². The number of hydrogen-bond donors (Lipinski definition) is 1. The van der Waals surface area contributed by atoms with Crippen LogP contribution in [0.4, 0.5) is 19.0 Å². The first kappa shape index (κ1) is 17.3. The number of anilines is 1. The first-order valence-electron chi connectivity index (χ1n) is 8.66. The average molecular weight is 342 g/mol. The molecule has 1 saturated heterocycles. The smallest absolute Gasteiger partial charge is 0.383 e. The maximum atomic E-state index is 12.4. The molecule has 0 amide bonds. The Bertz CT molecular complexity index is 618. The lowest BCUT2D eigenvalue weighted by Crippen LogP contribution is -2.26. The number of nitrogen functional groups attached to an aromatic ring is 1. The van der Waals surface area contributed by atoms with Gasteiger partial charge in [0.2, 0.25) is 0 Å². The molecule has 0 bridgehead atoms. The van der Waals surface area contributed by atoms with Crippen molar-refractivity contribution in [2.45, 2.75) is 50.6 Å². The van der Waals surface area contributed by atoms with E-state index in [1.54, 1.807) is 4.68 Å². The van der Waals surface area contributed by atoms with E-state index in [0.29, 0.717) is 18.9 Å². The van der Waals surface area contributed by atoms with E-state index in [4.69, 9.17) is 5.73 Å². The molecule has 0 saturated carbocycles. The van der Waals surface area contributed by atoms with Gasteiger partial charge in [0, 0.05) is 31.6 Å². The summed E-state index contributed by atoms with van der Waals surface area (Å²) >= 11 is 0. The highest BCUT2D eigenvalue weighted by Crippen LogP contribution is 2.38. The lowest BCUT2D eigenvalue weighted by atomic mass is 9.89. The Morgan fingerprint density at radius 2 is 2.12 bits per heavy atom. The summed E-state index contributed by atoms with van der Waals surface area (Å²) in [6.07, 6.45) is 2.67. The van der Waals surface area contributed by atoms with Gasteiger partial charge in [-0.2, -0.15) is 18.3 Å². The van der Waals surface area contributed by atoms with Crippen molar-refractivity contribution >= 4 is 11.4 Å². The first-order chi connectivity index (χ1) is 11.3. The van der Waals surface area contributed by atoms with Crippen molar-refractivity contribution in [1.29, 1.82) is 0 Å². The van der Waals surface area contributed by atoms with Crippen LogP contribution in [0.1, 0.15) is 55.7 Å². The summed E-state index contributed by atoms with van der Waals surface area (Å²) in [5.74, 6) is 0.839. The average Bonchev–Trinajstić information content (AvgIpc) is 3.11. The summed E-state index contributed by atoms with van der Waals surface area (Å²) in [7, 11) is 1.84. The molecule has 1 aromatic rings. The van der Waals surface area contributed by atoms with Crippen molar-refractivity contribution < 1.29 is 13.2 Å². The predicted molar refractivity (Wildman–Crippen MR) is 88.5 cm³/mol. The van der Waals surface area contributed by atoms with Gasteiger partial charge in [-0.3, -0.25) is 4.68 Å². The number of nitrogens with zero attached hydrogens (tertiary/aromatic N) is 3. The summed E-state index contributed by atoms with van der Waals surface area (Å²) in [6, 6.07) is 0. The molecule has 1 aliphatic heterocycles. The molecule has 1 atom stereocenters. The normalized spacial score (nSPS) is 22.8. The van der Waals surface area contributed by atoms with Crippen LogP contribution < -0.4 is 5.73 Å². The number of aryl methyl sites for hydroxylation is 1. The minimum atomic E-state index is -4.09. The second-order valence-electron chi connectivity index (χ2n) is 6.90. The van der Waals surface area contributed by atoms with E-state index in [1.807, 2.05) is 11.9 Å². The van der Waals surface area contributed by atoms with Crippen LogP contribution in [-0.2, 0) is 7.05 Å². The van der Waals surface area contributed by atoms with Gasteiger partial charge in [0.25, 0.3) is 0 Å². The molecular weight excluding hydrogens is 317 g/mol. The molecule has 1 aromatic heterocycles. The van der Waals surface area contributed by atoms with Gasteiger partial charge in [-0.1, -0.05) is 6.08 Å². The van der Waals surface area contributed by atoms with Crippen LogP contribution >= 0.6 is 0 Å². The molecule has 1 aliphatic carbocycles. The Kier molecular flexibility index (Phi) is 4.90. The molecule has 0 aromatic carbocycles. The number of rotatable bonds is 4. The fraction of sp³-hybridized carbons (Fsp3) is 0.706.